The van der Waals surface area contributed by atoms with E-state index in [9.17, 15) is 0 Å². The highest BCUT2D eigenvalue weighted by atomic mass is 16.3. The van der Waals surface area contributed by atoms with Gasteiger partial charge >= 0.3 is 0 Å². The Bertz CT molecular complexity index is 4230. The summed E-state index contributed by atoms with van der Waals surface area (Å²) in [5.41, 5.74) is 15.8. The Labute approximate surface area is 397 Å². The van der Waals surface area contributed by atoms with E-state index in [4.69, 9.17) is 19.4 Å². The van der Waals surface area contributed by atoms with E-state index in [1.807, 2.05) is 30.3 Å². The molecule has 4 aromatic heterocycles. The first-order valence-corrected chi connectivity index (χ1v) is 23.6. The van der Waals surface area contributed by atoms with Crippen LogP contribution in [0.3, 0.4) is 0 Å². The maximum atomic E-state index is 7.07. The zero-order valence-corrected chi connectivity index (χ0v) is 37.4. The van der Waals surface area contributed by atoms with Gasteiger partial charge in [-0.25, -0.2) is 15.0 Å². The monoisotopic (exact) mass is 883 g/mol. The summed E-state index contributed by atoms with van der Waals surface area (Å²) in [6.07, 6.45) is 8.22. The lowest BCUT2D eigenvalue weighted by Gasteiger charge is -2.11. The number of hydrogen-bond acceptors (Lipinski definition) is 4. The van der Waals surface area contributed by atoms with Gasteiger partial charge < -0.3 is 13.6 Å². The first kappa shape index (κ1) is 39.1. The molecule has 0 aliphatic heterocycles. The van der Waals surface area contributed by atoms with E-state index < -0.39 is 0 Å². The number of benzene rings is 9. The topological polar surface area (TPSA) is 61.7 Å². The van der Waals surface area contributed by atoms with Crippen molar-refractivity contribution in [3.63, 3.8) is 0 Å². The molecule has 0 spiro atoms. The third-order valence-corrected chi connectivity index (χ3v) is 13.8. The fraction of sp³-hybridized carbons (Fsp3) is 0.0317. The van der Waals surface area contributed by atoms with Gasteiger partial charge in [0.2, 0.25) is 0 Å². The van der Waals surface area contributed by atoms with Gasteiger partial charge in [-0.1, -0.05) is 152 Å². The number of fused-ring (bicyclic) bond motifs is 9. The standard InChI is InChI=1S/C63H41N5O/c1-5-17-40(18-6-1)61-64-62(41-19-7-2-8-20-41)66-63(65-61)51-29-16-28-50-49-27-15-26-47(59(49)69-60(50)51)44-33-36-58-54(39-44)53-38-43(32-35-57(53)68(58)46-23-11-4-12-24-46)42-31-34-56-52(37-42)48-25-13-14-30-55(48)67(56)45-21-9-3-10-22-45/h1-7,9-19,21-39H,8,20H2. The predicted molar refractivity (Wildman–Crippen MR) is 284 cm³/mol. The highest BCUT2D eigenvalue weighted by molar-refractivity contribution is 6.16. The SMILES string of the molecule is C1=CCCC(c2nc(-c3ccccc3)nc(-c3cccc4c3oc3c(-c5ccc6c(c5)c5cc(-c7ccc8c(c7)c7ccccc7n8-c7ccccc7)ccc5n6-c5ccccc5)cccc34)n2)=C1. The molecule has 0 saturated heterocycles. The highest BCUT2D eigenvalue weighted by Crippen LogP contribution is 2.43. The Hall–Kier alpha value is -9.13. The van der Waals surface area contributed by atoms with E-state index in [1.165, 1.54) is 43.7 Å². The quantitative estimate of drug-likeness (QED) is 0.160. The Morgan fingerprint density at radius 2 is 0.855 bits per heavy atom. The molecule has 0 unspecified atom stereocenters. The van der Waals surface area contributed by atoms with Crippen LogP contribution in [-0.4, -0.2) is 24.1 Å². The summed E-state index contributed by atoms with van der Waals surface area (Å²) < 4.78 is 11.8. The molecule has 0 radical (unpaired) electrons. The van der Waals surface area contributed by atoms with Crippen molar-refractivity contribution in [3.8, 4) is 56.4 Å². The third kappa shape index (κ3) is 6.37. The van der Waals surface area contributed by atoms with Crippen molar-refractivity contribution < 1.29 is 4.42 Å². The predicted octanol–water partition coefficient (Wildman–Crippen LogP) is 16.4. The molecule has 0 atom stereocenters. The molecular formula is C63H41N5O. The molecule has 6 nitrogen and oxygen atoms in total. The van der Waals surface area contributed by atoms with Crippen molar-refractivity contribution in [2.24, 2.45) is 0 Å². The van der Waals surface area contributed by atoms with Gasteiger partial charge in [-0.3, -0.25) is 0 Å². The Morgan fingerprint density at radius 3 is 1.49 bits per heavy atom. The Morgan fingerprint density at radius 1 is 0.362 bits per heavy atom. The third-order valence-electron chi connectivity index (χ3n) is 13.8. The molecule has 0 amide bonds. The van der Waals surface area contributed by atoms with Crippen molar-refractivity contribution in [1.29, 1.82) is 0 Å². The molecule has 1 aliphatic rings. The lowest BCUT2D eigenvalue weighted by molar-refractivity contribution is 0.670. The summed E-state index contributed by atoms with van der Waals surface area (Å²) in [7, 11) is 0. The summed E-state index contributed by atoms with van der Waals surface area (Å²) in [5, 5.41) is 6.88. The molecule has 4 heterocycles. The van der Waals surface area contributed by atoms with Gasteiger partial charge in [0.25, 0.3) is 0 Å². The van der Waals surface area contributed by atoms with E-state index in [0.717, 1.165) is 85.0 Å². The molecule has 324 valence electrons. The van der Waals surface area contributed by atoms with E-state index in [-0.39, 0.29) is 0 Å². The van der Waals surface area contributed by atoms with Gasteiger partial charge in [0.15, 0.2) is 17.5 Å². The summed E-state index contributed by atoms with van der Waals surface area (Å²) in [6.45, 7) is 0. The molecule has 0 saturated carbocycles. The van der Waals surface area contributed by atoms with Crippen molar-refractivity contribution in [1.82, 2.24) is 24.1 Å². The fourth-order valence-corrected chi connectivity index (χ4v) is 10.6. The largest absolute Gasteiger partial charge is 0.455 e. The first-order chi connectivity index (χ1) is 34.2. The lowest BCUT2D eigenvalue weighted by atomic mass is 9.98. The molecule has 0 fully saturated rings. The zero-order chi connectivity index (χ0) is 45.4. The molecular weight excluding hydrogens is 843 g/mol. The van der Waals surface area contributed by atoms with Crippen LogP contribution in [0.15, 0.2) is 229 Å². The number of furan rings is 1. The molecule has 69 heavy (non-hydrogen) atoms. The van der Waals surface area contributed by atoms with Crippen LogP contribution in [0.4, 0.5) is 0 Å². The number of para-hydroxylation sites is 5. The molecule has 14 rings (SSSR count). The summed E-state index contributed by atoms with van der Waals surface area (Å²) in [6, 6.07) is 73.6. The maximum absolute atomic E-state index is 7.07. The molecule has 0 bridgehead atoms. The van der Waals surface area contributed by atoms with Crippen molar-refractivity contribution in [2.45, 2.75) is 12.8 Å². The van der Waals surface area contributed by atoms with Gasteiger partial charge in [0, 0.05) is 54.8 Å². The zero-order valence-electron chi connectivity index (χ0n) is 37.4. The van der Waals surface area contributed by atoms with Crippen LogP contribution >= 0.6 is 0 Å². The van der Waals surface area contributed by atoms with Crippen molar-refractivity contribution in [3.05, 3.63) is 230 Å². The normalized spacial score (nSPS) is 12.8. The van der Waals surface area contributed by atoms with E-state index in [1.54, 1.807) is 0 Å². The smallest absolute Gasteiger partial charge is 0.167 e. The second-order valence-electron chi connectivity index (χ2n) is 17.9. The van der Waals surface area contributed by atoms with E-state index in [0.29, 0.717) is 17.5 Å². The van der Waals surface area contributed by atoms with Crippen LogP contribution in [0.1, 0.15) is 18.7 Å². The number of hydrogen-bond donors (Lipinski definition) is 0. The average molecular weight is 884 g/mol. The number of aromatic nitrogens is 5. The van der Waals surface area contributed by atoms with Gasteiger partial charge in [-0.15, -0.1) is 0 Å². The maximum Gasteiger partial charge on any atom is 0.167 e. The lowest BCUT2D eigenvalue weighted by Crippen LogP contribution is -2.03. The van der Waals surface area contributed by atoms with Gasteiger partial charge in [-0.05, 0) is 108 Å². The summed E-state index contributed by atoms with van der Waals surface area (Å²) >= 11 is 0. The number of allylic oxidation sites excluding steroid dienone is 4. The molecule has 0 N–H and O–H groups in total. The van der Waals surface area contributed by atoms with Crippen LogP contribution in [0, 0.1) is 0 Å². The second-order valence-corrected chi connectivity index (χ2v) is 17.9. The van der Waals surface area contributed by atoms with E-state index in [2.05, 4.69) is 203 Å². The summed E-state index contributed by atoms with van der Waals surface area (Å²) in [5.74, 6) is 1.93. The number of nitrogens with zero attached hydrogens (tertiary/aromatic N) is 5. The minimum absolute atomic E-state index is 0.590. The van der Waals surface area contributed by atoms with Crippen molar-refractivity contribution >= 4 is 71.1 Å². The van der Waals surface area contributed by atoms with Gasteiger partial charge in [0.05, 0.1) is 27.6 Å². The van der Waals surface area contributed by atoms with Crippen LogP contribution in [-0.2, 0) is 0 Å². The molecule has 13 aromatic rings. The van der Waals surface area contributed by atoms with Gasteiger partial charge in [0.1, 0.15) is 11.2 Å². The van der Waals surface area contributed by atoms with E-state index >= 15 is 0 Å². The van der Waals surface area contributed by atoms with Crippen LogP contribution < -0.4 is 0 Å². The average Bonchev–Trinajstić information content (AvgIpc) is 4.09. The first-order valence-electron chi connectivity index (χ1n) is 23.6. The van der Waals surface area contributed by atoms with Crippen LogP contribution in [0.2, 0.25) is 0 Å². The minimum Gasteiger partial charge on any atom is -0.455 e. The second kappa shape index (κ2) is 15.8. The minimum atomic E-state index is 0.590. The van der Waals surface area contributed by atoms with Crippen LogP contribution in [0.25, 0.3) is 128 Å². The van der Waals surface area contributed by atoms with Gasteiger partial charge in [-0.2, -0.15) is 0 Å². The Kier molecular flexibility index (Phi) is 8.92. The summed E-state index contributed by atoms with van der Waals surface area (Å²) in [4.78, 5) is 15.2. The van der Waals surface area contributed by atoms with Crippen molar-refractivity contribution in [2.75, 3.05) is 0 Å². The molecule has 9 aromatic carbocycles. The fourth-order valence-electron chi connectivity index (χ4n) is 10.6. The van der Waals surface area contributed by atoms with Crippen LogP contribution in [0.5, 0.6) is 0 Å². The number of rotatable bonds is 7. The highest BCUT2D eigenvalue weighted by Gasteiger charge is 2.22. The Balaban J connectivity index is 0.936. The molecule has 6 heteroatoms. The molecule has 1 aliphatic carbocycles.